The molecule has 0 bridgehead atoms. The van der Waals surface area contributed by atoms with E-state index >= 15 is 0 Å². The molecule has 0 unspecified atom stereocenters. The lowest BCUT2D eigenvalue weighted by Crippen LogP contribution is -2.17. The molecule has 1 N–H and O–H groups in total. The lowest BCUT2D eigenvalue weighted by atomic mass is 9.99. The molecular formula is C23H24N4OS. The molecule has 2 aromatic carbocycles. The summed E-state index contributed by atoms with van der Waals surface area (Å²) in [4.78, 5) is 13.3. The van der Waals surface area contributed by atoms with Gasteiger partial charge in [-0.2, -0.15) is 0 Å². The Morgan fingerprint density at radius 2 is 1.76 bits per heavy atom. The number of ether oxygens (including phenoxy) is 1. The van der Waals surface area contributed by atoms with E-state index in [0.717, 1.165) is 33.0 Å². The summed E-state index contributed by atoms with van der Waals surface area (Å²) in [7, 11) is 0. The average molecular weight is 405 g/mol. The van der Waals surface area contributed by atoms with Crippen molar-refractivity contribution in [2.24, 2.45) is 5.41 Å². The maximum Gasteiger partial charge on any atom is 0.316 e. The molecule has 4 aromatic rings. The van der Waals surface area contributed by atoms with Gasteiger partial charge in [0.2, 0.25) is 0 Å². The van der Waals surface area contributed by atoms with Gasteiger partial charge in [-0.05, 0) is 47.7 Å². The molecule has 0 fully saturated rings. The first kappa shape index (κ1) is 19.3. The minimum atomic E-state index is 0.0746. The first-order chi connectivity index (χ1) is 13.9. The highest BCUT2D eigenvalue weighted by Gasteiger charge is 2.12. The van der Waals surface area contributed by atoms with Crippen LogP contribution in [0.5, 0.6) is 6.01 Å². The third-order valence-corrected chi connectivity index (χ3v) is 5.31. The number of nitrogens with one attached hydrogen (secondary N) is 1. The number of benzene rings is 2. The molecular weight excluding hydrogens is 380 g/mol. The first-order valence-corrected chi connectivity index (χ1v) is 10.4. The highest BCUT2D eigenvalue weighted by atomic mass is 32.1. The Balaban J connectivity index is 1.49. The summed E-state index contributed by atoms with van der Waals surface area (Å²) in [6.45, 7) is 9.02. The quantitative estimate of drug-likeness (QED) is 0.427. The number of para-hydroxylation sites is 1. The predicted molar refractivity (Wildman–Crippen MR) is 120 cm³/mol. The van der Waals surface area contributed by atoms with Crippen LogP contribution in [-0.4, -0.2) is 21.6 Å². The van der Waals surface area contributed by atoms with Crippen molar-refractivity contribution in [2.75, 3.05) is 11.9 Å². The van der Waals surface area contributed by atoms with Gasteiger partial charge in [0, 0.05) is 23.6 Å². The summed E-state index contributed by atoms with van der Waals surface area (Å²) < 4.78 is 6.83. The number of anilines is 2. The van der Waals surface area contributed by atoms with E-state index in [4.69, 9.17) is 4.74 Å². The standard InChI is InChI=1S/C23H24N4OS/c1-15-11-16(17-12-24-21(25-13-17)28-14-23(2,3)4)9-10-18(15)26-22-27-19-7-5-6-8-20(19)29-22/h5-13H,14H2,1-4H3,(H,26,27). The lowest BCUT2D eigenvalue weighted by Gasteiger charge is -2.17. The molecule has 0 aliphatic heterocycles. The van der Waals surface area contributed by atoms with Crippen LogP contribution >= 0.6 is 11.3 Å². The van der Waals surface area contributed by atoms with Crippen LogP contribution in [0.15, 0.2) is 54.9 Å². The van der Waals surface area contributed by atoms with Gasteiger partial charge in [-0.3, -0.25) is 0 Å². The molecule has 0 saturated heterocycles. The molecule has 0 atom stereocenters. The van der Waals surface area contributed by atoms with Gasteiger partial charge in [-0.15, -0.1) is 0 Å². The fraction of sp³-hybridized carbons (Fsp3) is 0.261. The van der Waals surface area contributed by atoms with E-state index in [0.29, 0.717) is 12.6 Å². The molecule has 0 spiro atoms. The largest absolute Gasteiger partial charge is 0.463 e. The Kier molecular flexibility index (Phi) is 5.20. The van der Waals surface area contributed by atoms with Crippen molar-refractivity contribution in [3.63, 3.8) is 0 Å². The summed E-state index contributed by atoms with van der Waals surface area (Å²) >= 11 is 1.65. The molecule has 0 aliphatic rings. The number of aryl methyl sites for hydroxylation is 1. The summed E-state index contributed by atoms with van der Waals surface area (Å²) in [6.07, 6.45) is 3.61. The van der Waals surface area contributed by atoms with Crippen LogP contribution in [0.1, 0.15) is 26.3 Å². The number of rotatable bonds is 5. The Labute approximate surface area is 174 Å². The Bertz CT molecular complexity index is 1100. The maximum atomic E-state index is 5.66. The highest BCUT2D eigenvalue weighted by Crippen LogP contribution is 2.31. The molecule has 148 valence electrons. The van der Waals surface area contributed by atoms with Crippen LogP contribution in [0.25, 0.3) is 21.3 Å². The van der Waals surface area contributed by atoms with Crippen molar-refractivity contribution in [1.82, 2.24) is 15.0 Å². The molecule has 5 nitrogen and oxygen atoms in total. The fourth-order valence-corrected chi connectivity index (χ4v) is 3.72. The van der Waals surface area contributed by atoms with E-state index in [1.807, 2.05) is 18.2 Å². The molecule has 0 radical (unpaired) electrons. The molecule has 0 saturated carbocycles. The second kappa shape index (κ2) is 7.79. The van der Waals surface area contributed by atoms with Crippen molar-refractivity contribution in [2.45, 2.75) is 27.7 Å². The Hall–Kier alpha value is -2.99. The molecule has 2 heterocycles. The van der Waals surface area contributed by atoms with Crippen LogP contribution in [0.3, 0.4) is 0 Å². The summed E-state index contributed by atoms with van der Waals surface area (Å²) in [5.74, 6) is 0. The number of hydrogen-bond donors (Lipinski definition) is 1. The van der Waals surface area contributed by atoms with Crippen LogP contribution in [0.2, 0.25) is 0 Å². The van der Waals surface area contributed by atoms with Crippen LogP contribution in [0, 0.1) is 12.3 Å². The second-order valence-electron chi connectivity index (χ2n) is 8.25. The zero-order valence-corrected chi connectivity index (χ0v) is 17.9. The third-order valence-electron chi connectivity index (χ3n) is 4.36. The second-order valence-corrected chi connectivity index (χ2v) is 9.28. The van der Waals surface area contributed by atoms with Gasteiger partial charge in [-0.1, -0.05) is 50.3 Å². The van der Waals surface area contributed by atoms with Crippen molar-refractivity contribution >= 4 is 32.4 Å². The zero-order chi connectivity index (χ0) is 20.4. The Morgan fingerprint density at radius 1 is 1.00 bits per heavy atom. The monoisotopic (exact) mass is 404 g/mol. The van der Waals surface area contributed by atoms with Crippen molar-refractivity contribution in [3.8, 4) is 17.1 Å². The fourth-order valence-electron chi connectivity index (χ4n) is 2.85. The maximum absolute atomic E-state index is 5.66. The average Bonchev–Trinajstić information content (AvgIpc) is 3.10. The molecule has 2 aromatic heterocycles. The van der Waals surface area contributed by atoms with Gasteiger partial charge in [0.1, 0.15) is 0 Å². The van der Waals surface area contributed by atoms with Crippen LogP contribution in [-0.2, 0) is 0 Å². The normalized spacial score (nSPS) is 11.6. The number of hydrogen-bond acceptors (Lipinski definition) is 6. The van der Waals surface area contributed by atoms with Gasteiger partial charge in [0.15, 0.2) is 5.13 Å². The molecule has 6 heteroatoms. The number of thiazole rings is 1. The highest BCUT2D eigenvalue weighted by molar-refractivity contribution is 7.22. The Morgan fingerprint density at radius 3 is 2.45 bits per heavy atom. The van der Waals surface area contributed by atoms with Gasteiger partial charge < -0.3 is 10.1 Å². The zero-order valence-electron chi connectivity index (χ0n) is 17.1. The lowest BCUT2D eigenvalue weighted by molar-refractivity contribution is 0.184. The topological polar surface area (TPSA) is 59.9 Å². The van der Waals surface area contributed by atoms with Crippen molar-refractivity contribution < 1.29 is 4.74 Å². The first-order valence-electron chi connectivity index (χ1n) is 9.56. The SMILES string of the molecule is Cc1cc(-c2cnc(OCC(C)(C)C)nc2)ccc1Nc1nc2ccccc2s1. The van der Waals surface area contributed by atoms with E-state index < -0.39 is 0 Å². The van der Waals surface area contributed by atoms with Crippen LogP contribution in [0.4, 0.5) is 10.8 Å². The molecule has 0 aliphatic carbocycles. The molecule has 0 amide bonds. The van der Waals surface area contributed by atoms with Gasteiger partial charge >= 0.3 is 6.01 Å². The minimum Gasteiger partial charge on any atom is -0.463 e. The van der Waals surface area contributed by atoms with E-state index in [2.05, 4.69) is 72.2 Å². The summed E-state index contributed by atoms with van der Waals surface area (Å²) in [5.41, 5.74) is 5.29. The van der Waals surface area contributed by atoms with E-state index in [9.17, 15) is 0 Å². The van der Waals surface area contributed by atoms with Crippen LogP contribution < -0.4 is 10.1 Å². The van der Waals surface area contributed by atoms with Gasteiger partial charge in [-0.25, -0.2) is 15.0 Å². The minimum absolute atomic E-state index is 0.0746. The third kappa shape index (κ3) is 4.71. The van der Waals surface area contributed by atoms with Gasteiger partial charge in [0.05, 0.1) is 16.8 Å². The molecule has 29 heavy (non-hydrogen) atoms. The van der Waals surface area contributed by atoms with E-state index in [-0.39, 0.29) is 5.41 Å². The van der Waals surface area contributed by atoms with E-state index in [1.54, 1.807) is 23.7 Å². The van der Waals surface area contributed by atoms with Crippen molar-refractivity contribution in [3.05, 3.63) is 60.4 Å². The smallest absolute Gasteiger partial charge is 0.316 e. The number of fused-ring (bicyclic) bond motifs is 1. The number of nitrogens with zero attached hydrogens (tertiary/aromatic N) is 3. The van der Waals surface area contributed by atoms with Gasteiger partial charge in [0.25, 0.3) is 0 Å². The van der Waals surface area contributed by atoms with E-state index in [1.165, 1.54) is 4.70 Å². The summed E-state index contributed by atoms with van der Waals surface area (Å²) in [5, 5.41) is 4.33. The number of aromatic nitrogens is 3. The molecule has 4 rings (SSSR count). The summed E-state index contributed by atoms with van der Waals surface area (Å²) in [6, 6.07) is 14.8. The van der Waals surface area contributed by atoms with Crippen molar-refractivity contribution in [1.29, 1.82) is 0 Å². The predicted octanol–water partition coefficient (Wildman–Crippen LogP) is 6.23.